The topological polar surface area (TPSA) is 61.4 Å². The Morgan fingerprint density at radius 3 is 2.17 bits per heavy atom. The van der Waals surface area contributed by atoms with Gasteiger partial charge in [0.2, 0.25) is 11.8 Å². The first kappa shape index (κ1) is 25.9. The van der Waals surface area contributed by atoms with E-state index in [1.165, 1.54) is 11.1 Å². The van der Waals surface area contributed by atoms with E-state index in [1.807, 2.05) is 78.9 Å². The minimum atomic E-state index is -0.102. The molecule has 2 atom stereocenters. The van der Waals surface area contributed by atoms with Gasteiger partial charge in [0.15, 0.2) is 0 Å². The normalized spacial score (nSPS) is 17.9. The molecule has 5 nitrogen and oxygen atoms in total. The maximum absolute atomic E-state index is 13.2. The van der Waals surface area contributed by atoms with E-state index < -0.39 is 0 Å². The predicted octanol–water partition coefficient (Wildman–Crippen LogP) is 4.94. The summed E-state index contributed by atoms with van der Waals surface area (Å²) in [5.41, 5.74) is 4.41. The Morgan fingerprint density at radius 1 is 0.861 bits per heavy atom. The fourth-order valence-electron chi connectivity index (χ4n) is 4.78. The monoisotopic (exact) mass is 503 g/mol. The van der Waals surface area contributed by atoms with Crippen LogP contribution in [0.15, 0.2) is 78.9 Å². The summed E-state index contributed by atoms with van der Waals surface area (Å²) in [6.07, 6.45) is 2.16. The number of halogens is 1. The molecular weight excluding hydrogens is 470 g/mol. The highest BCUT2D eigenvalue weighted by Crippen LogP contribution is 2.33. The molecule has 1 heterocycles. The molecule has 1 aliphatic rings. The second kappa shape index (κ2) is 12.7. The zero-order chi connectivity index (χ0) is 25.3. The molecule has 0 saturated carbocycles. The van der Waals surface area contributed by atoms with Crippen LogP contribution in [-0.2, 0) is 29.1 Å². The van der Waals surface area contributed by atoms with Crippen LogP contribution >= 0.6 is 11.6 Å². The summed E-state index contributed by atoms with van der Waals surface area (Å²) in [7, 11) is 2.07. The standard InChI is InChI=1S/C30H34ClN3O2/c1-34-18-17-27(25-12-14-26(31)15-13-25)28(21-34)30(36)33-20-24-9-7-23(8-10-24)19-32-29(35)16-11-22-5-3-2-4-6-22/h2-10,12-15,27-28H,11,16-21H2,1H3,(H,32,35)(H,33,36)/t27-,28+/m0/s1. The molecule has 1 fully saturated rings. The van der Waals surface area contributed by atoms with Gasteiger partial charge in [-0.1, -0.05) is 78.3 Å². The summed E-state index contributed by atoms with van der Waals surface area (Å²) in [4.78, 5) is 27.6. The van der Waals surface area contributed by atoms with Crippen LogP contribution in [-0.4, -0.2) is 36.9 Å². The Morgan fingerprint density at radius 2 is 1.50 bits per heavy atom. The lowest BCUT2D eigenvalue weighted by Gasteiger charge is -2.36. The molecule has 1 aliphatic heterocycles. The lowest BCUT2D eigenvalue weighted by molar-refractivity contribution is -0.127. The molecule has 0 aliphatic carbocycles. The van der Waals surface area contributed by atoms with Crippen molar-refractivity contribution in [1.29, 1.82) is 0 Å². The molecule has 0 aromatic heterocycles. The number of hydrogen-bond acceptors (Lipinski definition) is 3. The molecule has 188 valence electrons. The van der Waals surface area contributed by atoms with Crippen molar-refractivity contribution in [2.24, 2.45) is 5.92 Å². The van der Waals surface area contributed by atoms with Crippen molar-refractivity contribution in [2.75, 3.05) is 20.1 Å². The number of benzene rings is 3. The van der Waals surface area contributed by atoms with Crippen molar-refractivity contribution in [2.45, 2.75) is 38.3 Å². The molecule has 2 N–H and O–H groups in total. The van der Waals surface area contributed by atoms with E-state index in [9.17, 15) is 9.59 Å². The molecule has 3 aromatic rings. The number of piperidine rings is 1. The van der Waals surface area contributed by atoms with Crippen LogP contribution in [0.5, 0.6) is 0 Å². The van der Waals surface area contributed by atoms with E-state index in [2.05, 4.69) is 22.6 Å². The van der Waals surface area contributed by atoms with Crippen LogP contribution in [0.2, 0.25) is 5.02 Å². The summed E-state index contributed by atoms with van der Waals surface area (Å²) >= 11 is 6.07. The van der Waals surface area contributed by atoms with Crippen molar-refractivity contribution in [1.82, 2.24) is 15.5 Å². The third-order valence-electron chi connectivity index (χ3n) is 6.91. The summed E-state index contributed by atoms with van der Waals surface area (Å²) in [6, 6.07) is 25.9. The highest BCUT2D eigenvalue weighted by Gasteiger charge is 2.34. The first-order chi connectivity index (χ1) is 17.5. The molecule has 3 aromatic carbocycles. The van der Waals surface area contributed by atoms with Crippen LogP contribution in [0.4, 0.5) is 0 Å². The zero-order valence-corrected chi connectivity index (χ0v) is 21.5. The Balaban J connectivity index is 1.25. The van der Waals surface area contributed by atoms with Gasteiger partial charge in [-0.05, 0) is 66.7 Å². The van der Waals surface area contributed by atoms with E-state index in [1.54, 1.807) is 0 Å². The fraction of sp³-hybridized carbons (Fsp3) is 0.333. The van der Waals surface area contributed by atoms with Crippen LogP contribution in [0.1, 0.15) is 41.0 Å². The van der Waals surface area contributed by atoms with Crippen molar-refractivity contribution < 1.29 is 9.59 Å². The van der Waals surface area contributed by atoms with Crippen LogP contribution in [0, 0.1) is 5.92 Å². The molecule has 1 saturated heterocycles. The zero-order valence-electron chi connectivity index (χ0n) is 20.8. The van der Waals surface area contributed by atoms with Crippen molar-refractivity contribution in [3.05, 3.63) is 106 Å². The maximum Gasteiger partial charge on any atom is 0.225 e. The van der Waals surface area contributed by atoms with Gasteiger partial charge in [-0.3, -0.25) is 9.59 Å². The van der Waals surface area contributed by atoms with Gasteiger partial charge < -0.3 is 15.5 Å². The number of likely N-dealkylation sites (tertiary alicyclic amines) is 1. The van der Waals surface area contributed by atoms with E-state index in [-0.39, 0.29) is 23.7 Å². The molecule has 0 unspecified atom stereocenters. The third-order valence-corrected chi connectivity index (χ3v) is 7.17. The molecule has 0 spiro atoms. The van der Waals surface area contributed by atoms with Crippen molar-refractivity contribution in [3.63, 3.8) is 0 Å². The Hall–Kier alpha value is -3.15. The number of carbonyl (C=O) groups is 2. The number of hydrogen-bond donors (Lipinski definition) is 2. The Bertz CT molecular complexity index is 1130. The van der Waals surface area contributed by atoms with E-state index in [0.717, 1.165) is 37.1 Å². The second-order valence-electron chi connectivity index (χ2n) is 9.61. The van der Waals surface area contributed by atoms with Crippen molar-refractivity contribution in [3.8, 4) is 0 Å². The second-order valence-corrected chi connectivity index (χ2v) is 10.0. The number of carbonyl (C=O) groups excluding carboxylic acids is 2. The van der Waals surface area contributed by atoms with Gasteiger partial charge >= 0.3 is 0 Å². The van der Waals surface area contributed by atoms with Crippen LogP contribution in [0.25, 0.3) is 0 Å². The molecule has 6 heteroatoms. The number of amides is 2. The van der Waals surface area contributed by atoms with Crippen LogP contribution in [0.3, 0.4) is 0 Å². The van der Waals surface area contributed by atoms with E-state index >= 15 is 0 Å². The smallest absolute Gasteiger partial charge is 0.225 e. The molecule has 0 radical (unpaired) electrons. The number of nitrogens with zero attached hydrogens (tertiary/aromatic N) is 1. The van der Waals surface area contributed by atoms with E-state index in [4.69, 9.17) is 11.6 Å². The number of rotatable bonds is 9. The first-order valence-corrected chi connectivity index (χ1v) is 13.0. The minimum Gasteiger partial charge on any atom is -0.352 e. The highest BCUT2D eigenvalue weighted by molar-refractivity contribution is 6.30. The minimum absolute atomic E-state index is 0.0443. The molecule has 4 rings (SSSR count). The lowest BCUT2D eigenvalue weighted by Crippen LogP contribution is -2.45. The quantitative estimate of drug-likeness (QED) is 0.434. The maximum atomic E-state index is 13.2. The van der Waals surface area contributed by atoms with Gasteiger partial charge in [-0.15, -0.1) is 0 Å². The average Bonchev–Trinajstić information content (AvgIpc) is 2.91. The van der Waals surface area contributed by atoms with E-state index in [0.29, 0.717) is 24.5 Å². The summed E-state index contributed by atoms with van der Waals surface area (Å²) in [5.74, 6) is 0.209. The summed E-state index contributed by atoms with van der Waals surface area (Å²) in [6.45, 7) is 2.69. The lowest BCUT2D eigenvalue weighted by atomic mass is 9.80. The Kier molecular flexibility index (Phi) is 9.15. The largest absolute Gasteiger partial charge is 0.352 e. The van der Waals surface area contributed by atoms with Gasteiger partial charge in [0, 0.05) is 31.1 Å². The molecular formula is C30H34ClN3O2. The first-order valence-electron chi connectivity index (χ1n) is 12.6. The number of nitrogens with one attached hydrogen (secondary N) is 2. The summed E-state index contributed by atoms with van der Waals surface area (Å²) in [5, 5.41) is 6.84. The molecule has 0 bridgehead atoms. The number of aryl methyl sites for hydroxylation is 1. The SMILES string of the molecule is CN1CC[C@@H](c2ccc(Cl)cc2)[C@H](C(=O)NCc2ccc(CNC(=O)CCc3ccccc3)cc2)C1. The van der Waals surface area contributed by atoms with Crippen molar-refractivity contribution >= 4 is 23.4 Å². The van der Waals surface area contributed by atoms with Crippen LogP contribution < -0.4 is 10.6 Å². The predicted molar refractivity (Wildman–Crippen MR) is 145 cm³/mol. The van der Waals surface area contributed by atoms with Gasteiger partial charge in [0.25, 0.3) is 0 Å². The van der Waals surface area contributed by atoms with Gasteiger partial charge in [0.05, 0.1) is 5.92 Å². The Labute approximate surface area is 218 Å². The van der Waals surface area contributed by atoms with Gasteiger partial charge in [-0.2, -0.15) is 0 Å². The molecule has 36 heavy (non-hydrogen) atoms. The van der Waals surface area contributed by atoms with Gasteiger partial charge in [-0.25, -0.2) is 0 Å². The summed E-state index contributed by atoms with van der Waals surface area (Å²) < 4.78 is 0. The van der Waals surface area contributed by atoms with Gasteiger partial charge in [0.1, 0.15) is 0 Å². The highest BCUT2D eigenvalue weighted by atomic mass is 35.5. The third kappa shape index (κ3) is 7.42. The molecule has 2 amide bonds. The average molecular weight is 504 g/mol. The fourth-order valence-corrected chi connectivity index (χ4v) is 4.90.